The van der Waals surface area contributed by atoms with E-state index in [9.17, 15) is 9.18 Å². The number of ether oxygens (including phenoxy) is 1. The number of carbonyl (C=O) groups is 1. The molecule has 3 aromatic rings. The fourth-order valence-electron chi connectivity index (χ4n) is 3.07. The van der Waals surface area contributed by atoms with Crippen LogP contribution in [0.1, 0.15) is 42.4 Å². The SMILES string of the molecule is Cc1ccc(NC(=O)CSc2nnc(COc3cc(C)ccc3C)n2C(C)C)c(F)c1. The maximum absolute atomic E-state index is 14.0. The number of aromatic nitrogens is 3. The molecule has 1 heterocycles. The van der Waals surface area contributed by atoms with Crippen molar-refractivity contribution in [1.82, 2.24) is 14.8 Å². The van der Waals surface area contributed by atoms with Gasteiger partial charge in [0.2, 0.25) is 5.91 Å². The van der Waals surface area contributed by atoms with Gasteiger partial charge in [0.05, 0.1) is 11.4 Å². The summed E-state index contributed by atoms with van der Waals surface area (Å²) < 4.78 is 21.9. The van der Waals surface area contributed by atoms with E-state index in [1.807, 2.05) is 50.5 Å². The summed E-state index contributed by atoms with van der Waals surface area (Å²) in [6, 6.07) is 10.9. The number of hydrogen-bond donors (Lipinski definition) is 1. The second-order valence-electron chi connectivity index (χ2n) is 7.74. The Morgan fingerprint density at radius 3 is 2.55 bits per heavy atom. The highest BCUT2D eigenvalue weighted by molar-refractivity contribution is 7.99. The van der Waals surface area contributed by atoms with Crippen LogP contribution in [0.15, 0.2) is 41.6 Å². The molecule has 0 fully saturated rings. The Kier molecular flexibility index (Phi) is 7.33. The number of halogens is 1. The summed E-state index contributed by atoms with van der Waals surface area (Å²) in [5.41, 5.74) is 3.14. The van der Waals surface area contributed by atoms with Gasteiger partial charge in [-0.05, 0) is 69.5 Å². The van der Waals surface area contributed by atoms with Gasteiger partial charge in [-0.15, -0.1) is 10.2 Å². The van der Waals surface area contributed by atoms with Gasteiger partial charge in [-0.3, -0.25) is 4.79 Å². The number of anilines is 1. The van der Waals surface area contributed by atoms with Crippen molar-refractivity contribution in [2.24, 2.45) is 0 Å². The van der Waals surface area contributed by atoms with E-state index in [1.165, 1.54) is 17.8 Å². The van der Waals surface area contributed by atoms with Crippen LogP contribution in [0.2, 0.25) is 0 Å². The van der Waals surface area contributed by atoms with Gasteiger partial charge in [-0.25, -0.2) is 4.39 Å². The molecular formula is C23H27FN4O2S. The van der Waals surface area contributed by atoms with Crippen LogP contribution in [0.5, 0.6) is 5.75 Å². The van der Waals surface area contributed by atoms with Gasteiger partial charge in [0.15, 0.2) is 11.0 Å². The predicted octanol–water partition coefficient (Wildman–Crippen LogP) is 5.23. The average molecular weight is 443 g/mol. The minimum atomic E-state index is -0.449. The van der Waals surface area contributed by atoms with E-state index in [1.54, 1.807) is 19.1 Å². The molecule has 0 aliphatic rings. The first kappa shape index (κ1) is 22.8. The Hall–Kier alpha value is -2.87. The van der Waals surface area contributed by atoms with E-state index in [-0.39, 0.29) is 30.0 Å². The number of nitrogens with one attached hydrogen (secondary N) is 1. The highest BCUT2D eigenvalue weighted by atomic mass is 32.2. The fraction of sp³-hybridized carbons (Fsp3) is 0.348. The minimum absolute atomic E-state index is 0.0901. The smallest absolute Gasteiger partial charge is 0.234 e. The zero-order valence-corrected chi connectivity index (χ0v) is 19.2. The molecule has 1 N–H and O–H groups in total. The summed E-state index contributed by atoms with van der Waals surface area (Å²) in [6.45, 7) is 10.1. The van der Waals surface area contributed by atoms with E-state index in [2.05, 4.69) is 15.5 Å². The fourth-order valence-corrected chi connectivity index (χ4v) is 3.95. The van der Waals surface area contributed by atoms with Crippen molar-refractivity contribution >= 4 is 23.4 Å². The zero-order valence-electron chi connectivity index (χ0n) is 18.4. The molecule has 0 atom stereocenters. The molecule has 3 rings (SSSR count). The molecule has 1 amide bonds. The van der Waals surface area contributed by atoms with E-state index in [0.717, 1.165) is 22.4 Å². The molecular weight excluding hydrogens is 415 g/mol. The molecule has 31 heavy (non-hydrogen) atoms. The number of rotatable bonds is 8. The van der Waals surface area contributed by atoms with E-state index in [0.29, 0.717) is 11.0 Å². The largest absolute Gasteiger partial charge is 0.485 e. The normalized spacial score (nSPS) is 11.1. The Morgan fingerprint density at radius 2 is 1.84 bits per heavy atom. The number of benzene rings is 2. The van der Waals surface area contributed by atoms with Crippen molar-refractivity contribution in [3.8, 4) is 5.75 Å². The van der Waals surface area contributed by atoms with E-state index in [4.69, 9.17) is 4.74 Å². The number of nitrogens with zero attached hydrogens (tertiary/aromatic N) is 3. The van der Waals surface area contributed by atoms with Gasteiger partial charge < -0.3 is 14.6 Å². The lowest BCUT2D eigenvalue weighted by Crippen LogP contribution is -2.16. The van der Waals surface area contributed by atoms with Crippen LogP contribution < -0.4 is 10.1 Å². The highest BCUT2D eigenvalue weighted by Crippen LogP contribution is 2.25. The van der Waals surface area contributed by atoms with E-state index < -0.39 is 5.82 Å². The highest BCUT2D eigenvalue weighted by Gasteiger charge is 2.18. The zero-order chi connectivity index (χ0) is 22.5. The summed E-state index contributed by atoms with van der Waals surface area (Å²) >= 11 is 1.26. The monoisotopic (exact) mass is 442 g/mol. The van der Waals surface area contributed by atoms with Crippen LogP contribution in [-0.2, 0) is 11.4 Å². The number of hydrogen-bond acceptors (Lipinski definition) is 5. The first-order valence-corrected chi connectivity index (χ1v) is 11.1. The Bertz CT molecular complexity index is 1080. The van der Waals surface area contributed by atoms with Crippen LogP contribution >= 0.6 is 11.8 Å². The first-order valence-electron chi connectivity index (χ1n) is 10.1. The predicted molar refractivity (Wildman–Crippen MR) is 121 cm³/mol. The second-order valence-corrected chi connectivity index (χ2v) is 8.68. The summed E-state index contributed by atoms with van der Waals surface area (Å²) in [5, 5.41) is 11.7. The molecule has 8 heteroatoms. The molecule has 1 aromatic heterocycles. The minimum Gasteiger partial charge on any atom is -0.485 e. The van der Waals surface area contributed by atoms with Crippen LogP contribution in [0.4, 0.5) is 10.1 Å². The maximum Gasteiger partial charge on any atom is 0.234 e. The standard InChI is InChI=1S/C23H27FN4O2S/c1-14(2)28-21(12-30-20-11-16(4)6-8-17(20)5)26-27-23(28)31-13-22(29)25-19-9-7-15(3)10-18(19)24/h6-11,14H,12-13H2,1-5H3,(H,25,29). The summed E-state index contributed by atoms with van der Waals surface area (Å²) in [6.07, 6.45) is 0. The van der Waals surface area contributed by atoms with Crippen molar-refractivity contribution in [2.75, 3.05) is 11.1 Å². The van der Waals surface area contributed by atoms with Crippen molar-refractivity contribution < 1.29 is 13.9 Å². The van der Waals surface area contributed by atoms with Crippen molar-refractivity contribution in [2.45, 2.75) is 52.4 Å². The molecule has 2 aromatic carbocycles. The molecule has 0 aliphatic carbocycles. The summed E-state index contributed by atoms with van der Waals surface area (Å²) in [5.74, 6) is 0.833. The topological polar surface area (TPSA) is 69.0 Å². The van der Waals surface area contributed by atoms with Gasteiger partial charge in [0.25, 0.3) is 0 Å². The van der Waals surface area contributed by atoms with Gasteiger partial charge in [-0.2, -0.15) is 0 Å². The molecule has 0 radical (unpaired) electrons. The molecule has 0 aliphatic heterocycles. The Balaban J connectivity index is 1.65. The lowest BCUT2D eigenvalue weighted by molar-refractivity contribution is -0.113. The third kappa shape index (κ3) is 5.85. The van der Waals surface area contributed by atoms with Gasteiger partial charge >= 0.3 is 0 Å². The van der Waals surface area contributed by atoms with Crippen LogP contribution in [0.3, 0.4) is 0 Å². The van der Waals surface area contributed by atoms with Crippen LogP contribution in [0, 0.1) is 26.6 Å². The molecule has 0 unspecified atom stereocenters. The first-order chi connectivity index (χ1) is 14.7. The lowest BCUT2D eigenvalue weighted by atomic mass is 10.1. The summed E-state index contributed by atoms with van der Waals surface area (Å²) in [7, 11) is 0. The second kappa shape index (κ2) is 9.96. The molecule has 0 saturated heterocycles. The quantitative estimate of drug-likeness (QED) is 0.484. The number of thioether (sulfide) groups is 1. The maximum atomic E-state index is 14.0. The third-order valence-electron chi connectivity index (χ3n) is 4.68. The van der Waals surface area contributed by atoms with Gasteiger partial charge in [-0.1, -0.05) is 30.0 Å². The number of amides is 1. The van der Waals surface area contributed by atoms with Crippen molar-refractivity contribution in [3.05, 3.63) is 64.7 Å². The molecule has 0 saturated carbocycles. The Morgan fingerprint density at radius 1 is 1.13 bits per heavy atom. The third-order valence-corrected chi connectivity index (χ3v) is 5.63. The Labute approximate surface area is 186 Å². The van der Waals surface area contributed by atoms with Crippen LogP contribution in [0.25, 0.3) is 0 Å². The van der Waals surface area contributed by atoms with Crippen molar-refractivity contribution in [1.29, 1.82) is 0 Å². The average Bonchev–Trinajstić information content (AvgIpc) is 3.12. The van der Waals surface area contributed by atoms with Crippen LogP contribution in [-0.4, -0.2) is 26.4 Å². The molecule has 0 spiro atoms. The van der Waals surface area contributed by atoms with E-state index >= 15 is 0 Å². The van der Waals surface area contributed by atoms with Gasteiger partial charge in [0, 0.05) is 6.04 Å². The van der Waals surface area contributed by atoms with Crippen molar-refractivity contribution in [3.63, 3.8) is 0 Å². The van der Waals surface area contributed by atoms with Gasteiger partial charge in [0.1, 0.15) is 18.2 Å². The lowest BCUT2D eigenvalue weighted by Gasteiger charge is -2.15. The molecule has 6 nitrogen and oxygen atoms in total. The molecule has 164 valence electrons. The summed E-state index contributed by atoms with van der Waals surface area (Å²) in [4.78, 5) is 12.3. The molecule has 0 bridgehead atoms. The number of carbonyl (C=O) groups excluding carboxylic acids is 1. The number of aryl methyl sites for hydroxylation is 3.